The Balaban J connectivity index is 3.06. The molecule has 0 bridgehead atoms. The Morgan fingerprint density at radius 1 is 1.41 bits per heavy atom. The molecule has 0 spiro atoms. The van der Waals surface area contributed by atoms with E-state index in [1.807, 2.05) is 0 Å². The summed E-state index contributed by atoms with van der Waals surface area (Å²) in [7, 11) is -0.819. The Hall–Kier alpha value is -1.12. The minimum Gasteiger partial charge on any atom is -0.478 e. The van der Waals surface area contributed by atoms with Crippen LogP contribution < -0.4 is 4.72 Å². The summed E-state index contributed by atoms with van der Waals surface area (Å²) in [6.45, 7) is 0. The van der Waals surface area contributed by atoms with Crippen LogP contribution in [-0.2, 0) is 10.2 Å². The van der Waals surface area contributed by atoms with E-state index in [0.717, 1.165) is 4.31 Å². The van der Waals surface area contributed by atoms with Gasteiger partial charge in [0.2, 0.25) is 0 Å². The second-order valence-electron chi connectivity index (χ2n) is 3.39. The van der Waals surface area contributed by atoms with Crippen LogP contribution >= 0.6 is 15.9 Å². The molecule has 0 radical (unpaired) electrons. The molecule has 17 heavy (non-hydrogen) atoms. The third kappa shape index (κ3) is 3.42. The number of nitrogens with one attached hydrogen (secondary N) is 1. The first-order chi connectivity index (χ1) is 7.74. The zero-order chi connectivity index (χ0) is 13.2. The van der Waals surface area contributed by atoms with E-state index in [1.165, 1.54) is 32.3 Å². The van der Waals surface area contributed by atoms with Crippen LogP contribution in [0.2, 0.25) is 0 Å². The molecule has 0 atom stereocenters. The van der Waals surface area contributed by atoms with Crippen molar-refractivity contribution in [2.24, 2.45) is 0 Å². The van der Waals surface area contributed by atoms with Gasteiger partial charge in [0.15, 0.2) is 0 Å². The maximum absolute atomic E-state index is 11.5. The molecule has 0 aliphatic carbocycles. The molecule has 94 valence electrons. The predicted octanol–water partition coefficient (Wildman–Crippen LogP) is 1.37. The normalized spacial score (nSPS) is 11.5. The zero-order valence-corrected chi connectivity index (χ0v) is 11.5. The molecule has 1 aromatic carbocycles. The Bertz CT molecular complexity index is 542. The summed E-state index contributed by atoms with van der Waals surface area (Å²) in [5, 5.41) is 8.75. The number of hydrogen-bond acceptors (Lipinski definition) is 3. The van der Waals surface area contributed by atoms with Crippen LogP contribution in [0.1, 0.15) is 10.4 Å². The van der Waals surface area contributed by atoms with Gasteiger partial charge in [-0.2, -0.15) is 12.7 Å². The monoisotopic (exact) mass is 322 g/mol. The second-order valence-corrected chi connectivity index (χ2v) is 6.13. The van der Waals surface area contributed by atoms with Crippen molar-refractivity contribution < 1.29 is 18.3 Å². The summed E-state index contributed by atoms with van der Waals surface area (Å²) in [4.78, 5) is 10.7. The summed E-state index contributed by atoms with van der Waals surface area (Å²) in [6.07, 6.45) is 0. The topological polar surface area (TPSA) is 86.7 Å². The second kappa shape index (κ2) is 5.03. The summed E-state index contributed by atoms with van der Waals surface area (Å²) >= 11 is 3.11. The molecular formula is C9H11BrN2O4S. The fraction of sp³-hybridized carbons (Fsp3) is 0.222. The van der Waals surface area contributed by atoms with Crippen LogP contribution in [0.4, 0.5) is 5.69 Å². The molecule has 0 fully saturated rings. The molecule has 0 aromatic heterocycles. The van der Waals surface area contributed by atoms with Gasteiger partial charge in [-0.1, -0.05) is 0 Å². The number of hydrogen-bond donors (Lipinski definition) is 2. The standard InChI is InChI=1S/C9H11BrN2O4S/c1-12(2)17(15,16)11-8-4-3-6(9(13)14)5-7(8)10/h3-5,11H,1-2H3,(H,13,14). The molecule has 8 heteroatoms. The minimum absolute atomic E-state index is 0.0738. The lowest BCUT2D eigenvalue weighted by molar-refractivity contribution is 0.0697. The van der Waals surface area contributed by atoms with E-state index in [0.29, 0.717) is 4.47 Å². The van der Waals surface area contributed by atoms with Gasteiger partial charge in [0, 0.05) is 18.6 Å². The van der Waals surface area contributed by atoms with E-state index in [2.05, 4.69) is 20.7 Å². The van der Waals surface area contributed by atoms with Crippen molar-refractivity contribution in [3.8, 4) is 0 Å². The fourth-order valence-electron chi connectivity index (χ4n) is 0.961. The Morgan fingerprint density at radius 3 is 2.41 bits per heavy atom. The zero-order valence-electron chi connectivity index (χ0n) is 9.14. The summed E-state index contributed by atoms with van der Waals surface area (Å²) in [5.74, 6) is -1.08. The van der Waals surface area contributed by atoms with Crippen LogP contribution in [0.15, 0.2) is 22.7 Å². The minimum atomic E-state index is -3.60. The molecule has 1 rings (SSSR count). The Morgan fingerprint density at radius 2 is 2.00 bits per heavy atom. The molecule has 0 heterocycles. The SMILES string of the molecule is CN(C)S(=O)(=O)Nc1ccc(C(=O)O)cc1Br. The summed E-state index contributed by atoms with van der Waals surface area (Å²) in [5.41, 5.74) is 0.355. The molecule has 0 amide bonds. The number of carboxylic acid groups (broad SMARTS) is 1. The van der Waals surface area contributed by atoms with Crippen LogP contribution in [0.5, 0.6) is 0 Å². The lowest BCUT2D eigenvalue weighted by Gasteiger charge is -2.14. The first-order valence-electron chi connectivity index (χ1n) is 4.47. The van der Waals surface area contributed by atoms with E-state index in [4.69, 9.17) is 5.11 Å². The van der Waals surface area contributed by atoms with Gasteiger partial charge in [-0.15, -0.1) is 0 Å². The van der Waals surface area contributed by atoms with E-state index in [9.17, 15) is 13.2 Å². The van der Waals surface area contributed by atoms with Crippen molar-refractivity contribution in [2.45, 2.75) is 0 Å². The molecule has 2 N–H and O–H groups in total. The Labute approximate surface area is 108 Å². The van der Waals surface area contributed by atoms with E-state index in [-0.39, 0.29) is 11.3 Å². The quantitative estimate of drug-likeness (QED) is 0.876. The van der Waals surface area contributed by atoms with E-state index >= 15 is 0 Å². The number of carbonyl (C=O) groups is 1. The van der Waals surface area contributed by atoms with Crippen molar-refractivity contribution in [3.63, 3.8) is 0 Å². The van der Waals surface area contributed by atoms with E-state index < -0.39 is 16.2 Å². The first-order valence-corrected chi connectivity index (χ1v) is 6.70. The van der Waals surface area contributed by atoms with Crippen LogP contribution in [0.3, 0.4) is 0 Å². The van der Waals surface area contributed by atoms with E-state index in [1.54, 1.807) is 0 Å². The Kier molecular flexibility index (Phi) is 4.12. The number of benzene rings is 1. The van der Waals surface area contributed by atoms with Crippen molar-refractivity contribution in [1.82, 2.24) is 4.31 Å². The summed E-state index contributed by atoms with van der Waals surface area (Å²) < 4.78 is 26.8. The van der Waals surface area contributed by atoms with Crippen LogP contribution in [0, 0.1) is 0 Å². The highest BCUT2D eigenvalue weighted by Gasteiger charge is 2.15. The molecule has 0 aliphatic heterocycles. The van der Waals surface area contributed by atoms with Gasteiger partial charge in [0.25, 0.3) is 0 Å². The number of halogens is 1. The molecular weight excluding hydrogens is 312 g/mol. The highest BCUT2D eigenvalue weighted by Crippen LogP contribution is 2.24. The largest absolute Gasteiger partial charge is 0.478 e. The lowest BCUT2D eigenvalue weighted by Crippen LogP contribution is -2.29. The third-order valence-electron chi connectivity index (χ3n) is 1.94. The molecule has 0 saturated heterocycles. The van der Waals surface area contributed by atoms with Gasteiger partial charge in [-0.3, -0.25) is 4.72 Å². The van der Waals surface area contributed by atoms with Crippen molar-refractivity contribution in [3.05, 3.63) is 28.2 Å². The number of aromatic carboxylic acids is 1. The van der Waals surface area contributed by atoms with Crippen LogP contribution in [-0.4, -0.2) is 37.9 Å². The maximum Gasteiger partial charge on any atom is 0.335 e. The maximum atomic E-state index is 11.5. The van der Waals surface area contributed by atoms with Crippen LogP contribution in [0.25, 0.3) is 0 Å². The van der Waals surface area contributed by atoms with Gasteiger partial charge in [0.1, 0.15) is 0 Å². The average Bonchev–Trinajstić information content (AvgIpc) is 2.20. The predicted molar refractivity (Wildman–Crippen MR) is 67.3 cm³/mol. The fourth-order valence-corrected chi connectivity index (χ4v) is 2.21. The number of anilines is 1. The molecule has 6 nitrogen and oxygen atoms in total. The van der Waals surface area contributed by atoms with Crippen molar-refractivity contribution >= 4 is 37.8 Å². The van der Waals surface area contributed by atoms with Gasteiger partial charge in [0.05, 0.1) is 11.3 Å². The molecule has 0 unspecified atom stereocenters. The number of rotatable bonds is 4. The van der Waals surface area contributed by atoms with Crippen molar-refractivity contribution in [2.75, 3.05) is 18.8 Å². The smallest absolute Gasteiger partial charge is 0.335 e. The van der Waals surface area contributed by atoms with Gasteiger partial charge < -0.3 is 5.11 Å². The van der Waals surface area contributed by atoms with Crippen molar-refractivity contribution in [1.29, 1.82) is 0 Å². The third-order valence-corrected chi connectivity index (χ3v) is 4.03. The lowest BCUT2D eigenvalue weighted by atomic mass is 10.2. The molecule has 0 saturated carbocycles. The van der Waals surface area contributed by atoms with Gasteiger partial charge in [-0.25, -0.2) is 4.79 Å². The highest BCUT2D eigenvalue weighted by atomic mass is 79.9. The van der Waals surface area contributed by atoms with Gasteiger partial charge in [-0.05, 0) is 34.1 Å². The molecule has 1 aromatic rings. The number of carboxylic acids is 1. The molecule has 0 aliphatic rings. The van der Waals surface area contributed by atoms with Gasteiger partial charge >= 0.3 is 16.2 Å². The first kappa shape index (κ1) is 13.9. The average molecular weight is 323 g/mol. The number of nitrogens with zero attached hydrogens (tertiary/aromatic N) is 1. The highest BCUT2D eigenvalue weighted by molar-refractivity contribution is 9.10. The summed E-state index contributed by atoms with van der Waals surface area (Å²) in [6, 6.07) is 4.03.